The number of unbranched alkanes of at least 4 members (excludes halogenated alkanes) is 4. The molecule has 17 heavy (non-hydrogen) atoms. The van der Waals surface area contributed by atoms with E-state index < -0.39 is 8.80 Å². The van der Waals surface area contributed by atoms with Crippen molar-refractivity contribution < 1.29 is 13.3 Å². The van der Waals surface area contributed by atoms with Crippen molar-refractivity contribution in [3.8, 4) is 0 Å². The summed E-state index contributed by atoms with van der Waals surface area (Å²) in [6.07, 6.45) is 5.73. The Hall–Kier alpha value is -0.103. The first kappa shape index (κ1) is 16.9. The van der Waals surface area contributed by atoms with Crippen LogP contribution in [-0.4, -0.2) is 41.8 Å². The summed E-state index contributed by atoms with van der Waals surface area (Å²) < 4.78 is 16.1. The van der Waals surface area contributed by atoms with Crippen LogP contribution in [0.3, 0.4) is 0 Å². The highest BCUT2D eigenvalue weighted by Crippen LogP contribution is 2.17. The number of thiocarbonyl (C=S) groups is 1. The molecule has 0 rings (SSSR count). The van der Waals surface area contributed by atoms with Crippen LogP contribution in [0.2, 0.25) is 6.04 Å². The first-order valence-electron chi connectivity index (χ1n) is 5.93. The predicted octanol–water partition coefficient (Wildman–Crippen LogP) is 2.92. The van der Waals surface area contributed by atoms with Gasteiger partial charge in [-0.1, -0.05) is 19.3 Å². The molecule has 0 saturated heterocycles. The Bertz CT molecular complexity index is 222. The van der Waals surface area contributed by atoms with Crippen molar-refractivity contribution in [2.75, 3.05) is 27.9 Å². The molecule has 0 aromatic carbocycles. The number of hydrogen-bond donors (Lipinski definition) is 0. The molecule has 0 bridgehead atoms. The number of rotatable bonds is 11. The smallest absolute Gasteiger partial charge is 0.377 e. The summed E-state index contributed by atoms with van der Waals surface area (Å²) in [7, 11) is 2.63. The zero-order valence-corrected chi connectivity index (χ0v) is 12.8. The quantitative estimate of drug-likeness (QED) is 0.252. The van der Waals surface area contributed by atoms with Crippen LogP contribution in [0.5, 0.6) is 0 Å². The number of aliphatic imine (C=N–C) groups is 1. The summed E-state index contributed by atoms with van der Waals surface area (Å²) in [4.78, 5) is 3.88. The fourth-order valence-corrected chi connectivity index (χ4v) is 3.55. The molecule has 0 radical (unpaired) electrons. The minimum Gasteiger partial charge on any atom is -0.377 e. The summed E-state index contributed by atoms with van der Waals surface area (Å²) in [6, 6.07) is 0.884. The van der Waals surface area contributed by atoms with Crippen molar-refractivity contribution >= 4 is 26.2 Å². The van der Waals surface area contributed by atoms with E-state index in [-0.39, 0.29) is 0 Å². The molecule has 0 atom stereocenters. The normalized spacial score (nSPS) is 11.2. The lowest BCUT2D eigenvalue weighted by Crippen LogP contribution is -2.42. The van der Waals surface area contributed by atoms with Crippen molar-refractivity contribution in [1.29, 1.82) is 0 Å². The number of hydrogen-bond acceptors (Lipinski definition) is 5. The third-order valence-electron chi connectivity index (χ3n) is 2.75. The molecule has 0 aromatic heterocycles. The Morgan fingerprint density at radius 3 is 2.00 bits per heavy atom. The van der Waals surface area contributed by atoms with Crippen molar-refractivity contribution in [3.05, 3.63) is 0 Å². The van der Waals surface area contributed by atoms with Crippen LogP contribution < -0.4 is 0 Å². The molecule has 0 aromatic rings. The Labute approximate surface area is 111 Å². The first-order valence-corrected chi connectivity index (χ1v) is 8.27. The van der Waals surface area contributed by atoms with Gasteiger partial charge in [-0.05, 0) is 25.1 Å². The molecule has 0 saturated carbocycles. The van der Waals surface area contributed by atoms with E-state index in [9.17, 15) is 0 Å². The third-order valence-corrected chi connectivity index (χ3v) is 5.71. The van der Waals surface area contributed by atoms with E-state index in [4.69, 9.17) is 13.3 Å². The number of nitrogens with zero attached hydrogens (tertiary/aromatic N) is 1. The second kappa shape index (κ2) is 11.0. The maximum atomic E-state index is 5.36. The van der Waals surface area contributed by atoms with Crippen molar-refractivity contribution in [1.82, 2.24) is 0 Å². The van der Waals surface area contributed by atoms with Crippen LogP contribution >= 0.6 is 12.2 Å². The fraction of sp³-hybridized carbons (Fsp3) is 0.909. The molecule has 0 fully saturated rings. The third kappa shape index (κ3) is 7.75. The molecule has 0 aliphatic rings. The van der Waals surface area contributed by atoms with Crippen LogP contribution in [-0.2, 0) is 13.3 Å². The molecular weight excluding hydrogens is 254 g/mol. The van der Waals surface area contributed by atoms with E-state index in [0.29, 0.717) is 0 Å². The van der Waals surface area contributed by atoms with Crippen LogP contribution in [0, 0.1) is 0 Å². The van der Waals surface area contributed by atoms with Gasteiger partial charge in [0.05, 0.1) is 5.16 Å². The van der Waals surface area contributed by atoms with Gasteiger partial charge in [0.1, 0.15) is 0 Å². The van der Waals surface area contributed by atoms with Gasteiger partial charge in [-0.2, -0.15) is 0 Å². The standard InChI is InChI=1S/C11H23NO3SSi/c1-13-17(14-2,15-3)10-8-6-4-5-7-9-12-11-16/h4-10H2,1-3H3. The maximum Gasteiger partial charge on any atom is 0.500 e. The lowest BCUT2D eigenvalue weighted by molar-refractivity contribution is 0.122. The molecule has 0 aliphatic heterocycles. The molecule has 0 amide bonds. The van der Waals surface area contributed by atoms with E-state index >= 15 is 0 Å². The predicted molar refractivity (Wildman–Crippen MR) is 74.6 cm³/mol. The van der Waals surface area contributed by atoms with E-state index in [0.717, 1.165) is 25.4 Å². The molecule has 0 unspecified atom stereocenters. The van der Waals surface area contributed by atoms with Gasteiger partial charge in [-0.3, -0.25) is 0 Å². The second-order valence-corrected chi connectivity index (χ2v) is 7.06. The van der Waals surface area contributed by atoms with Gasteiger partial charge in [0, 0.05) is 33.9 Å². The minimum absolute atomic E-state index is 0.802. The largest absolute Gasteiger partial charge is 0.500 e. The van der Waals surface area contributed by atoms with Crippen molar-refractivity contribution in [3.63, 3.8) is 0 Å². The van der Waals surface area contributed by atoms with Gasteiger partial charge >= 0.3 is 8.80 Å². The molecule has 0 spiro atoms. The lowest BCUT2D eigenvalue weighted by atomic mass is 10.1. The zero-order valence-electron chi connectivity index (χ0n) is 11.0. The number of isothiocyanates is 1. The van der Waals surface area contributed by atoms with Crippen molar-refractivity contribution in [2.24, 2.45) is 4.99 Å². The van der Waals surface area contributed by atoms with Crippen LogP contribution in [0.25, 0.3) is 0 Å². The average Bonchev–Trinajstić information content (AvgIpc) is 2.38. The molecule has 6 heteroatoms. The highest BCUT2D eigenvalue weighted by molar-refractivity contribution is 7.78. The van der Waals surface area contributed by atoms with Crippen LogP contribution in [0.15, 0.2) is 4.99 Å². The first-order chi connectivity index (χ1) is 8.24. The summed E-state index contributed by atoms with van der Waals surface area (Å²) in [6.45, 7) is 0.802. The minimum atomic E-state index is -2.34. The Morgan fingerprint density at radius 2 is 1.47 bits per heavy atom. The molecule has 0 aliphatic carbocycles. The van der Waals surface area contributed by atoms with Crippen molar-refractivity contribution in [2.45, 2.75) is 38.1 Å². The van der Waals surface area contributed by atoms with Gasteiger partial charge in [0.2, 0.25) is 0 Å². The van der Waals surface area contributed by atoms with Gasteiger partial charge in [-0.15, -0.1) is 0 Å². The zero-order chi connectivity index (χ0) is 13.0. The highest BCUT2D eigenvalue weighted by Gasteiger charge is 2.36. The highest BCUT2D eigenvalue weighted by atomic mass is 32.1. The van der Waals surface area contributed by atoms with Gasteiger partial charge < -0.3 is 13.3 Å². The molecule has 4 nitrogen and oxygen atoms in total. The monoisotopic (exact) mass is 277 g/mol. The summed E-state index contributed by atoms with van der Waals surface area (Å²) in [5, 5.41) is 2.38. The van der Waals surface area contributed by atoms with Crippen LogP contribution in [0.1, 0.15) is 32.1 Å². The van der Waals surface area contributed by atoms with E-state index in [2.05, 4.69) is 22.4 Å². The fourth-order valence-electron chi connectivity index (χ4n) is 1.66. The molecule has 0 N–H and O–H groups in total. The Kier molecular flexibility index (Phi) is 10.9. The average molecular weight is 277 g/mol. The van der Waals surface area contributed by atoms with Gasteiger partial charge in [0.15, 0.2) is 0 Å². The Balaban J connectivity index is 3.52. The van der Waals surface area contributed by atoms with E-state index in [1.54, 1.807) is 21.3 Å². The molecular formula is C11H23NO3SSi. The lowest BCUT2D eigenvalue weighted by Gasteiger charge is -2.24. The molecule has 100 valence electrons. The van der Waals surface area contributed by atoms with Crippen LogP contribution in [0.4, 0.5) is 0 Å². The SMILES string of the molecule is CO[Si](CCCCCCCN=C=S)(OC)OC. The second-order valence-electron chi connectivity index (χ2n) is 3.79. The van der Waals surface area contributed by atoms with Gasteiger partial charge in [0.25, 0.3) is 0 Å². The van der Waals surface area contributed by atoms with E-state index in [1.807, 2.05) is 0 Å². The summed E-state index contributed by atoms with van der Waals surface area (Å²) in [5.41, 5.74) is 0. The Morgan fingerprint density at radius 1 is 0.941 bits per heavy atom. The topological polar surface area (TPSA) is 40.0 Å². The maximum absolute atomic E-state index is 5.36. The van der Waals surface area contributed by atoms with Gasteiger partial charge in [-0.25, -0.2) is 4.99 Å². The molecule has 0 heterocycles. The van der Waals surface area contributed by atoms with E-state index in [1.165, 1.54) is 19.3 Å². The summed E-state index contributed by atoms with van der Waals surface area (Å²) in [5.74, 6) is 0. The summed E-state index contributed by atoms with van der Waals surface area (Å²) >= 11 is 4.50.